The zero-order valence-electron chi connectivity index (χ0n) is 10.1. The van der Waals surface area contributed by atoms with Gasteiger partial charge in [-0.3, -0.25) is 5.41 Å². The predicted octanol–water partition coefficient (Wildman–Crippen LogP) is -1.81. The van der Waals surface area contributed by atoms with Crippen LogP contribution in [-0.2, 0) is 4.74 Å². The van der Waals surface area contributed by atoms with Crippen LogP contribution in [-0.4, -0.2) is 50.8 Å². The van der Waals surface area contributed by atoms with Crippen LogP contribution in [0.15, 0.2) is 11.2 Å². The van der Waals surface area contributed by atoms with Crippen molar-refractivity contribution in [3.8, 4) is 0 Å². The molecule has 8 N–H and O–H groups in total. The maximum Gasteiger partial charge on any atom is 0.214 e. The number of imidazole rings is 1. The summed E-state index contributed by atoms with van der Waals surface area (Å²) in [6, 6.07) is 0. The van der Waals surface area contributed by atoms with Crippen LogP contribution in [0.1, 0.15) is 24.0 Å². The van der Waals surface area contributed by atoms with E-state index in [0.29, 0.717) is 12.1 Å². The van der Waals surface area contributed by atoms with Gasteiger partial charge in [-0.15, -0.1) is 0 Å². The molecule has 2 heterocycles. The van der Waals surface area contributed by atoms with Crippen molar-refractivity contribution in [3.63, 3.8) is 0 Å². The summed E-state index contributed by atoms with van der Waals surface area (Å²) in [5.74, 6) is -0.143. The summed E-state index contributed by atoms with van der Waals surface area (Å²) in [7, 11) is 0. The van der Waals surface area contributed by atoms with Gasteiger partial charge in [-0.1, -0.05) is 0 Å². The van der Waals surface area contributed by atoms with Gasteiger partial charge < -0.3 is 31.4 Å². The molecule has 1 aliphatic rings. The van der Waals surface area contributed by atoms with E-state index in [9.17, 15) is 5.11 Å². The Morgan fingerprint density at radius 3 is 2.95 bits per heavy atom. The number of rotatable bonds is 3. The van der Waals surface area contributed by atoms with Gasteiger partial charge in [0.05, 0.1) is 24.6 Å². The lowest BCUT2D eigenvalue weighted by atomic mass is 10.1. The monoisotopic (exact) mass is 268 g/mol. The summed E-state index contributed by atoms with van der Waals surface area (Å²) in [5, 5.41) is 25.7. The van der Waals surface area contributed by atoms with Gasteiger partial charge in [0.15, 0.2) is 11.7 Å². The number of nitrogens with two attached hydrogens (primary N) is 2. The molecule has 0 spiro atoms. The van der Waals surface area contributed by atoms with Gasteiger partial charge in [0.1, 0.15) is 12.2 Å². The number of hydrogen-bond acceptors (Lipinski definition) is 5. The van der Waals surface area contributed by atoms with E-state index >= 15 is 0 Å². The molecule has 1 aromatic rings. The highest BCUT2D eigenvalue weighted by Gasteiger charge is 2.35. The number of guanidine groups is 1. The fourth-order valence-electron chi connectivity index (χ4n) is 1.91. The molecule has 0 saturated carbocycles. The minimum atomic E-state index is -0.718. The molecule has 0 amide bonds. The van der Waals surface area contributed by atoms with Gasteiger partial charge in [-0.25, -0.2) is 4.98 Å². The summed E-state index contributed by atoms with van der Waals surface area (Å²) in [4.78, 5) is 10.5. The molecule has 0 radical (unpaired) electrons. The minimum Gasteiger partial charge on any atom is -0.394 e. The van der Waals surface area contributed by atoms with Crippen LogP contribution in [0.2, 0.25) is 0 Å². The first-order valence-corrected chi connectivity index (χ1v) is 5.69. The Labute approximate surface area is 108 Å². The quantitative estimate of drug-likeness (QED) is 0.279. The van der Waals surface area contributed by atoms with E-state index in [4.69, 9.17) is 26.7 Å². The minimum absolute atomic E-state index is 0.00370. The highest BCUT2D eigenvalue weighted by Crippen LogP contribution is 2.31. The van der Waals surface area contributed by atoms with Gasteiger partial charge in [0, 0.05) is 6.42 Å². The van der Waals surface area contributed by atoms with Crippen LogP contribution >= 0.6 is 0 Å². The topological polar surface area (TPSA) is 167 Å². The van der Waals surface area contributed by atoms with Crippen LogP contribution < -0.4 is 11.5 Å². The number of aromatic nitrogens is 2. The van der Waals surface area contributed by atoms with Crippen molar-refractivity contribution in [1.29, 1.82) is 5.41 Å². The van der Waals surface area contributed by atoms with Crippen molar-refractivity contribution in [2.24, 2.45) is 16.5 Å². The zero-order valence-corrected chi connectivity index (χ0v) is 10.1. The molecule has 2 rings (SSSR count). The van der Waals surface area contributed by atoms with E-state index in [1.54, 1.807) is 0 Å². The Morgan fingerprint density at radius 2 is 2.37 bits per heavy atom. The van der Waals surface area contributed by atoms with Crippen molar-refractivity contribution in [3.05, 3.63) is 17.7 Å². The third kappa shape index (κ3) is 2.89. The van der Waals surface area contributed by atoms with E-state index in [2.05, 4.69) is 15.0 Å². The van der Waals surface area contributed by atoms with E-state index in [0.717, 1.165) is 0 Å². The standard InChI is InChI=1S/C10H16N6O3/c11-8(16-10(12)13)9-14-2-4(15-9)6-1-5(18)7(3-17)19-6/h2,5-7,17-18H,1,3H2,(H,14,15)(H5,11,12,13,16)/t5-,6+,7+/m0/s1. The van der Waals surface area contributed by atoms with Gasteiger partial charge in [-0.05, 0) is 0 Å². The summed E-state index contributed by atoms with van der Waals surface area (Å²) >= 11 is 0. The van der Waals surface area contributed by atoms with E-state index < -0.39 is 24.3 Å². The number of aliphatic imine (C=N–C) groups is 1. The molecular weight excluding hydrogens is 252 g/mol. The molecule has 9 heteroatoms. The number of aliphatic hydroxyl groups is 2. The second-order valence-electron chi connectivity index (χ2n) is 4.22. The average molecular weight is 268 g/mol. The van der Waals surface area contributed by atoms with Crippen molar-refractivity contribution in [2.45, 2.75) is 24.7 Å². The third-order valence-corrected chi connectivity index (χ3v) is 2.83. The van der Waals surface area contributed by atoms with Crippen LogP contribution in [0.25, 0.3) is 0 Å². The van der Waals surface area contributed by atoms with Crippen molar-refractivity contribution in [2.75, 3.05) is 6.61 Å². The Balaban J connectivity index is 2.12. The lowest BCUT2D eigenvalue weighted by Crippen LogP contribution is -2.24. The van der Waals surface area contributed by atoms with Gasteiger partial charge in [0.25, 0.3) is 0 Å². The van der Waals surface area contributed by atoms with Gasteiger partial charge in [0.2, 0.25) is 5.96 Å². The second kappa shape index (κ2) is 5.34. The van der Waals surface area contributed by atoms with Gasteiger partial charge in [-0.2, -0.15) is 4.99 Å². The highest BCUT2D eigenvalue weighted by atomic mass is 16.5. The zero-order chi connectivity index (χ0) is 14.0. The first-order valence-electron chi connectivity index (χ1n) is 5.69. The molecule has 1 fully saturated rings. The molecule has 0 aliphatic carbocycles. The van der Waals surface area contributed by atoms with Crippen molar-refractivity contribution in [1.82, 2.24) is 9.97 Å². The predicted molar refractivity (Wildman–Crippen MR) is 66.5 cm³/mol. The normalized spacial score (nSPS) is 27.7. The molecule has 1 aliphatic heterocycles. The molecule has 1 aromatic heterocycles. The number of ether oxygens (including phenoxy) is 1. The average Bonchev–Trinajstić information content (AvgIpc) is 2.93. The Morgan fingerprint density at radius 1 is 1.63 bits per heavy atom. The molecule has 0 unspecified atom stereocenters. The number of hydrogen-bond donors (Lipinski definition) is 6. The lowest BCUT2D eigenvalue weighted by molar-refractivity contribution is -0.0234. The fourth-order valence-corrected chi connectivity index (χ4v) is 1.91. The number of nitrogens with one attached hydrogen (secondary N) is 2. The van der Waals surface area contributed by atoms with Crippen LogP contribution in [0.3, 0.4) is 0 Å². The first-order chi connectivity index (χ1) is 9.01. The summed E-state index contributed by atoms with van der Waals surface area (Å²) in [6.07, 6.45) is 0.162. The largest absolute Gasteiger partial charge is 0.394 e. The summed E-state index contributed by atoms with van der Waals surface area (Å²) in [5.41, 5.74) is 11.3. The first kappa shape index (κ1) is 13.5. The Bertz CT molecular complexity index is 499. The van der Waals surface area contributed by atoms with Crippen LogP contribution in [0.4, 0.5) is 0 Å². The van der Waals surface area contributed by atoms with Gasteiger partial charge >= 0.3 is 0 Å². The van der Waals surface area contributed by atoms with E-state index in [1.807, 2.05) is 0 Å². The molecule has 1 saturated heterocycles. The van der Waals surface area contributed by atoms with Crippen molar-refractivity contribution < 1.29 is 14.9 Å². The molecular formula is C10H16N6O3. The summed E-state index contributed by atoms with van der Waals surface area (Å²) < 4.78 is 5.46. The number of aromatic amines is 1. The molecule has 104 valence electrons. The Hall–Kier alpha value is -1.97. The lowest BCUT2D eigenvalue weighted by Gasteiger charge is -2.10. The van der Waals surface area contributed by atoms with E-state index in [-0.39, 0.29) is 18.3 Å². The van der Waals surface area contributed by atoms with Crippen molar-refractivity contribution >= 4 is 11.8 Å². The Kier molecular flexibility index (Phi) is 3.79. The SMILES string of the molecule is N=C(N)/N=C(/N)c1ncc([C@H]2C[C@H](O)[C@@H](CO)O2)[nH]1. The van der Waals surface area contributed by atoms with E-state index in [1.165, 1.54) is 6.20 Å². The smallest absolute Gasteiger partial charge is 0.214 e. The number of aliphatic hydroxyl groups excluding tert-OH is 2. The number of H-pyrrole nitrogens is 1. The van der Waals surface area contributed by atoms with Crippen LogP contribution in [0.5, 0.6) is 0 Å². The molecule has 9 nitrogen and oxygen atoms in total. The molecule has 0 aromatic carbocycles. The summed E-state index contributed by atoms with van der Waals surface area (Å²) in [6.45, 7) is -0.243. The maximum atomic E-state index is 9.64. The molecule has 19 heavy (non-hydrogen) atoms. The molecule has 3 atom stereocenters. The number of amidine groups is 1. The highest BCUT2D eigenvalue weighted by molar-refractivity contribution is 6.01. The number of nitrogens with zero attached hydrogens (tertiary/aromatic N) is 2. The molecule has 0 bridgehead atoms. The van der Waals surface area contributed by atoms with Crippen LogP contribution in [0, 0.1) is 5.41 Å². The maximum absolute atomic E-state index is 9.64. The second-order valence-corrected chi connectivity index (χ2v) is 4.22. The third-order valence-electron chi connectivity index (χ3n) is 2.83. The fraction of sp³-hybridized carbons (Fsp3) is 0.500.